The Kier molecular flexibility index (Phi) is 10.1. The number of hydrogen-bond acceptors (Lipinski definition) is 5. The van der Waals surface area contributed by atoms with Gasteiger partial charge < -0.3 is 20.1 Å². The second-order valence-corrected chi connectivity index (χ2v) is 11.0. The monoisotopic (exact) mass is 548 g/mol. The molecule has 0 bridgehead atoms. The van der Waals surface area contributed by atoms with Crippen LogP contribution in [0, 0.1) is 5.92 Å². The van der Waals surface area contributed by atoms with Crippen LogP contribution in [0.1, 0.15) is 61.5 Å². The first-order chi connectivity index (χ1) is 19.0. The van der Waals surface area contributed by atoms with E-state index in [1.165, 1.54) is 11.3 Å². The molecule has 2 N–H and O–H groups in total. The number of rotatable bonds is 13. The summed E-state index contributed by atoms with van der Waals surface area (Å²) in [7, 11) is 0. The molecule has 0 spiro atoms. The predicted molar refractivity (Wildman–Crippen MR) is 154 cm³/mol. The Balaban J connectivity index is 1.57. The number of anilines is 1. The second kappa shape index (κ2) is 13.9. The number of carboxylic acids is 1. The molecule has 1 aliphatic rings. The van der Waals surface area contributed by atoms with Gasteiger partial charge in [-0.25, -0.2) is 4.79 Å². The number of carbonyl (C=O) groups excluding carboxylic acids is 2. The Morgan fingerprint density at radius 2 is 1.74 bits per heavy atom. The fourth-order valence-electron chi connectivity index (χ4n) is 5.39. The van der Waals surface area contributed by atoms with Crippen molar-refractivity contribution < 1.29 is 24.2 Å². The quantitative estimate of drug-likeness (QED) is 0.241. The van der Waals surface area contributed by atoms with Gasteiger partial charge in [-0.1, -0.05) is 74.7 Å². The second-order valence-electron chi connectivity index (χ2n) is 9.98. The number of aromatic carboxylic acids is 1. The van der Waals surface area contributed by atoms with Crippen LogP contribution < -0.4 is 15.0 Å². The van der Waals surface area contributed by atoms with Crippen molar-refractivity contribution in [1.29, 1.82) is 0 Å². The maximum absolute atomic E-state index is 12.8. The number of carboxylic acid groups (broad SMARTS) is 1. The van der Waals surface area contributed by atoms with Crippen molar-refractivity contribution in [3.05, 3.63) is 71.6 Å². The lowest BCUT2D eigenvalue weighted by Crippen LogP contribution is -2.47. The maximum Gasteiger partial charge on any atom is 0.348 e. The van der Waals surface area contributed by atoms with Gasteiger partial charge in [-0.3, -0.25) is 9.59 Å². The van der Waals surface area contributed by atoms with Crippen LogP contribution in [-0.2, 0) is 9.59 Å². The molecule has 39 heavy (non-hydrogen) atoms. The number of nitrogens with one attached hydrogen (secondary N) is 1. The number of amides is 2. The van der Waals surface area contributed by atoms with E-state index in [1.54, 1.807) is 17.0 Å². The van der Waals surface area contributed by atoms with E-state index in [0.717, 1.165) is 49.0 Å². The number of carbonyl (C=O) groups is 3. The third-order valence-corrected chi connectivity index (χ3v) is 8.57. The molecule has 2 atom stereocenters. The first kappa shape index (κ1) is 28.4. The van der Waals surface area contributed by atoms with E-state index < -0.39 is 5.97 Å². The molecule has 206 valence electrons. The highest BCUT2D eigenvalue weighted by atomic mass is 32.1. The highest BCUT2D eigenvalue weighted by molar-refractivity contribution is 7.18. The summed E-state index contributed by atoms with van der Waals surface area (Å²) < 4.78 is 5.62. The molecule has 1 saturated carbocycles. The Morgan fingerprint density at radius 3 is 2.36 bits per heavy atom. The summed E-state index contributed by atoms with van der Waals surface area (Å²) in [6.07, 6.45) is 7.23. The van der Waals surface area contributed by atoms with Crippen molar-refractivity contribution in [3.8, 4) is 16.2 Å². The molecule has 2 unspecified atom stereocenters. The van der Waals surface area contributed by atoms with Gasteiger partial charge in [-0.15, -0.1) is 11.3 Å². The van der Waals surface area contributed by atoms with Crippen LogP contribution >= 0.6 is 11.3 Å². The molecular formula is C31H36N2O5S. The molecule has 0 radical (unpaired) electrons. The molecule has 1 fully saturated rings. The van der Waals surface area contributed by atoms with Crippen LogP contribution in [0.5, 0.6) is 5.75 Å². The third-order valence-electron chi connectivity index (χ3n) is 7.41. The third kappa shape index (κ3) is 7.47. The summed E-state index contributed by atoms with van der Waals surface area (Å²) in [5.41, 5.74) is 1.33. The lowest BCUT2D eigenvalue weighted by atomic mass is 9.80. The van der Waals surface area contributed by atoms with Crippen molar-refractivity contribution in [3.63, 3.8) is 0 Å². The largest absolute Gasteiger partial charge is 0.484 e. The number of hydrogen-bond donors (Lipinski definition) is 2. The van der Waals surface area contributed by atoms with Gasteiger partial charge in [0.2, 0.25) is 6.41 Å². The maximum atomic E-state index is 12.8. The first-order valence-corrected chi connectivity index (χ1v) is 14.4. The molecule has 4 rings (SSSR count). The summed E-state index contributed by atoms with van der Waals surface area (Å²) in [6.45, 7) is 1.91. The number of benzene rings is 2. The van der Waals surface area contributed by atoms with Gasteiger partial charge in [0.15, 0.2) is 6.61 Å². The van der Waals surface area contributed by atoms with Gasteiger partial charge in [0, 0.05) is 17.0 Å². The summed E-state index contributed by atoms with van der Waals surface area (Å²) in [4.78, 5) is 40.3. The lowest BCUT2D eigenvalue weighted by molar-refractivity contribution is -0.123. The normalized spacial score (nSPS) is 15.2. The van der Waals surface area contributed by atoms with Crippen LogP contribution in [0.2, 0.25) is 0 Å². The van der Waals surface area contributed by atoms with E-state index in [2.05, 4.69) is 5.32 Å². The van der Waals surface area contributed by atoms with Crippen molar-refractivity contribution in [1.82, 2.24) is 5.32 Å². The Hall–Kier alpha value is -3.65. The molecular weight excluding hydrogens is 512 g/mol. The van der Waals surface area contributed by atoms with Crippen LogP contribution in [0.15, 0.2) is 66.7 Å². The molecule has 3 aromatic rings. The Labute approximate surface area is 233 Å². The van der Waals surface area contributed by atoms with Crippen LogP contribution in [0.4, 0.5) is 5.69 Å². The molecule has 7 nitrogen and oxygen atoms in total. The number of para-hydroxylation sites is 1. The summed E-state index contributed by atoms with van der Waals surface area (Å²) in [6, 6.07) is 20.2. The molecule has 1 heterocycles. The molecule has 0 aliphatic heterocycles. The molecule has 2 amide bonds. The molecule has 0 saturated heterocycles. The van der Waals surface area contributed by atoms with Gasteiger partial charge >= 0.3 is 5.97 Å². The van der Waals surface area contributed by atoms with Crippen molar-refractivity contribution in [2.45, 2.75) is 64.0 Å². The zero-order valence-electron chi connectivity index (χ0n) is 22.3. The summed E-state index contributed by atoms with van der Waals surface area (Å²) >= 11 is 1.18. The number of ether oxygens (including phenoxy) is 1. The van der Waals surface area contributed by atoms with E-state index in [4.69, 9.17) is 4.74 Å². The zero-order valence-corrected chi connectivity index (χ0v) is 23.1. The Bertz CT molecular complexity index is 1220. The minimum Gasteiger partial charge on any atom is -0.484 e. The van der Waals surface area contributed by atoms with Gasteiger partial charge in [0.25, 0.3) is 5.91 Å². The average Bonchev–Trinajstić information content (AvgIpc) is 3.42. The molecule has 8 heteroatoms. The van der Waals surface area contributed by atoms with Crippen molar-refractivity contribution in [2.75, 3.05) is 11.5 Å². The standard InChI is InChI=1S/C31H36N2O5S/c1-2-24(32-29(35)20-38-25-16-10-5-11-17-25)18-26(22-12-6-3-7-13-22)33(21-34)27-19-28(39-30(27)31(36)37)23-14-8-4-9-15-23/h4-5,8-11,14-17,19,21-22,24,26H,2-3,6-7,12-13,18,20H2,1H3,(H,32,35)(H,36,37). The van der Waals surface area contributed by atoms with Crippen molar-refractivity contribution >= 4 is 35.3 Å². The fourth-order valence-corrected chi connectivity index (χ4v) is 6.39. The lowest BCUT2D eigenvalue weighted by Gasteiger charge is -2.38. The highest BCUT2D eigenvalue weighted by Crippen LogP contribution is 2.40. The predicted octanol–water partition coefficient (Wildman–Crippen LogP) is 6.39. The summed E-state index contributed by atoms with van der Waals surface area (Å²) in [5, 5.41) is 13.1. The van der Waals surface area contributed by atoms with E-state index in [0.29, 0.717) is 24.3 Å². The number of thiophene rings is 1. The average molecular weight is 549 g/mol. The zero-order chi connectivity index (χ0) is 27.6. The summed E-state index contributed by atoms with van der Waals surface area (Å²) in [5.74, 6) is -0.429. The number of nitrogens with zero attached hydrogens (tertiary/aromatic N) is 1. The minimum atomic E-state index is -1.05. The van der Waals surface area contributed by atoms with Gasteiger partial charge in [0.05, 0.1) is 5.69 Å². The minimum absolute atomic E-state index is 0.0971. The van der Waals surface area contributed by atoms with Crippen molar-refractivity contribution in [2.24, 2.45) is 5.92 Å². The first-order valence-electron chi connectivity index (χ1n) is 13.6. The van der Waals surface area contributed by atoms with Gasteiger partial charge in [0.1, 0.15) is 10.6 Å². The molecule has 1 aromatic heterocycles. The van der Waals surface area contributed by atoms with E-state index in [-0.39, 0.29) is 35.4 Å². The SMILES string of the molecule is CCC(CC(C1CCCCC1)N(C=O)c1cc(-c2ccccc2)sc1C(=O)O)NC(=O)COc1ccccc1. The highest BCUT2D eigenvalue weighted by Gasteiger charge is 2.34. The molecule has 1 aliphatic carbocycles. The van der Waals surface area contributed by atoms with Gasteiger partial charge in [-0.05, 0) is 55.4 Å². The fraction of sp³-hybridized carbons (Fsp3) is 0.387. The van der Waals surface area contributed by atoms with Crippen LogP contribution in [0.25, 0.3) is 10.4 Å². The topological polar surface area (TPSA) is 95.9 Å². The van der Waals surface area contributed by atoms with E-state index >= 15 is 0 Å². The smallest absolute Gasteiger partial charge is 0.348 e. The van der Waals surface area contributed by atoms with E-state index in [9.17, 15) is 19.5 Å². The van der Waals surface area contributed by atoms with Gasteiger partial charge in [-0.2, -0.15) is 0 Å². The Morgan fingerprint density at radius 1 is 1.08 bits per heavy atom. The van der Waals surface area contributed by atoms with E-state index in [1.807, 2.05) is 61.5 Å². The molecule has 2 aromatic carbocycles. The van der Waals surface area contributed by atoms with Crippen LogP contribution in [-0.4, -0.2) is 42.1 Å². The van der Waals surface area contributed by atoms with Crippen LogP contribution in [0.3, 0.4) is 0 Å².